The first-order valence-electron chi connectivity index (χ1n) is 6.65. The minimum atomic E-state index is -0.823. The van der Waals surface area contributed by atoms with Gasteiger partial charge in [0, 0.05) is 6.04 Å². The van der Waals surface area contributed by atoms with E-state index in [1.807, 2.05) is 61.5 Å². The Bertz CT molecular complexity index is 563. The quantitative estimate of drug-likeness (QED) is 0.876. The van der Waals surface area contributed by atoms with Gasteiger partial charge in [-0.2, -0.15) is 0 Å². The van der Waals surface area contributed by atoms with Crippen molar-refractivity contribution in [3.05, 3.63) is 71.3 Å². The summed E-state index contributed by atoms with van der Waals surface area (Å²) in [5.41, 5.74) is 2.95. The van der Waals surface area contributed by atoms with Crippen LogP contribution in [-0.2, 0) is 4.79 Å². The first kappa shape index (κ1) is 14.3. The second-order valence-corrected chi connectivity index (χ2v) is 4.90. The van der Waals surface area contributed by atoms with E-state index in [0.717, 1.165) is 16.7 Å². The lowest BCUT2D eigenvalue weighted by molar-refractivity contribution is -0.139. The molecule has 0 fully saturated rings. The normalized spacial score (nSPS) is 13.7. The summed E-state index contributed by atoms with van der Waals surface area (Å²) in [4.78, 5) is 11.7. The third-order valence-corrected chi connectivity index (χ3v) is 3.51. The summed E-state index contributed by atoms with van der Waals surface area (Å²) in [6.07, 6.45) is 0. The van der Waals surface area contributed by atoms with E-state index < -0.39 is 11.9 Å². The van der Waals surface area contributed by atoms with E-state index in [9.17, 15) is 9.90 Å². The molecule has 0 aliphatic carbocycles. The van der Waals surface area contributed by atoms with Crippen molar-refractivity contribution in [1.82, 2.24) is 5.32 Å². The van der Waals surface area contributed by atoms with Gasteiger partial charge in [0.15, 0.2) is 0 Å². The fourth-order valence-corrected chi connectivity index (χ4v) is 2.44. The number of benzene rings is 2. The number of aryl methyl sites for hydroxylation is 1. The van der Waals surface area contributed by atoms with Crippen LogP contribution >= 0.6 is 0 Å². The Morgan fingerprint density at radius 1 is 1.00 bits per heavy atom. The van der Waals surface area contributed by atoms with E-state index in [4.69, 9.17) is 0 Å². The van der Waals surface area contributed by atoms with Gasteiger partial charge >= 0.3 is 5.97 Å². The zero-order valence-electron chi connectivity index (χ0n) is 11.7. The summed E-state index contributed by atoms with van der Waals surface area (Å²) in [6, 6.07) is 17.1. The number of aliphatic carboxylic acids is 1. The molecule has 0 heterocycles. The van der Waals surface area contributed by atoms with E-state index in [0.29, 0.717) is 0 Å². The number of likely N-dealkylation sites (N-methyl/N-ethyl adjacent to an activating group) is 1. The van der Waals surface area contributed by atoms with Gasteiger partial charge in [0.1, 0.15) is 5.92 Å². The van der Waals surface area contributed by atoms with Crippen LogP contribution in [0.15, 0.2) is 54.6 Å². The predicted octanol–water partition coefficient (Wildman–Crippen LogP) is 3.12. The summed E-state index contributed by atoms with van der Waals surface area (Å²) >= 11 is 0. The van der Waals surface area contributed by atoms with Crippen molar-refractivity contribution in [2.45, 2.75) is 18.9 Å². The zero-order valence-corrected chi connectivity index (χ0v) is 11.7. The van der Waals surface area contributed by atoms with Crippen LogP contribution < -0.4 is 5.32 Å². The van der Waals surface area contributed by atoms with Gasteiger partial charge in [-0.15, -0.1) is 0 Å². The molecule has 0 radical (unpaired) electrons. The van der Waals surface area contributed by atoms with Gasteiger partial charge < -0.3 is 10.4 Å². The maximum Gasteiger partial charge on any atom is 0.312 e. The molecule has 0 saturated heterocycles. The van der Waals surface area contributed by atoms with Gasteiger partial charge in [-0.3, -0.25) is 4.79 Å². The zero-order chi connectivity index (χ0) is 14.5. The van der Waals surface area contributed by atoms with Crippen LogP contribution in [0.25, 0.3) is 0 Å². The van der Waals surface area contributed by atoms with Crippen LogP contribution in [0.1, 0.15) is 28.7 Å². The molecule has 0 saturated carbocycles. The SMILES string of the molecule is CNC(c1ccc(C)cc1)C(C(=O)O)c1ccccc1. The fraction of sp³-hybridized carbons (Fsp3) is 0.235. The Morgan fingerprint density at radius 3 is 2.10 bits per heavy atom. The van der Waals surface area contributed by atoms with Crippen LogP contribution in [-0.4, -0.2) is 18.1 Å². The highest BCUT2D eigenvalue weighted by Crippen LogP contribution is 2.31. The van der Waals surface area contributed by atoms with Gasteiger partial charge in [0.25, 0.3) is 0 Å². The summed E-state index contributed by atoms with van der Waals surface area (Å²) < 4.78 is 0. The van der Waals surface area contributed by atoms with Crippen LogP contribution in [0.5, 0.6) is 0 Å². The minimum Gasteiger partial charge on any atom is -0.481 e. The largest absolute Gasteiger partial charge is 0.481 e. The number of carbonyl (C=O) groups is 1. The second-order valence-electron chi connectivity index (χ2n) is 4.90. The number of nitrogens with one attached hydrogen (secondary N) is 1. The van der Waals surface area contributed by atoms with E-state index in [1.165, 1.54) is 0 Å². The molecule has 0 spiro atoms. The van der Waals surface area contributed by atoms with Gasteiger partial charge in [-0.25, -0.2) is 0 Å². The Balaban J connectivity index is 2.41. The van der Waals surface area contributed by atoms with Crippen molar-refractivity contribution >= 4 is 5.97 Å². The van der Waals surface area contributed by atoms with Crippen molar-refractivity contribution in [2.75, 3.05) is 7.05 Å². The lowest BCUT2D eigenvalue weighted by atomic mass is 9.87. The number of hydrogen-bond acceptors (Lipinski definition) is 2. The maximum atomic E-state index is 11.7. The van der Waals surface area contributed by atoms with Gasteiger partial charge in [0.05, 0.1) is 0 Å². The first-order valence-corrected chi connectivity index (χ1v) is 6.65. The van der Waals surface area contributed by atoms with Gasteiger partial charge in [-0.1, -0.05) is 60.2 Å². The molecule has 0 aliphatic heterocycles. The standard InChI is InChI=1S/C17H19NO2/c1-12-8-10-14(11-9-12)16(18-2)15(17(19)20)13-6-4-3-5-7-13/h3-11,15-16,18H,1-2H3,(H,19,20). The van der Waals surface area contributed by atoms with Crippen LogP contribution in [0, 0.1) is 6.92 Å². The number of hydrogen-bond donors (Lipinski definition) is 2. The molecular formula is C17H19NO2. The average Bonchev–Trinajstić information content (AvgIpc) is 2.46. The molecule has 2 N–H and O–H groups in total. The number of carboxylic acid groups (broad SMARTS) is 1. The van der Waals surface area contributed by atoms with E-state index in [2.05, 4.69) is 5.32 Å². The molecule has 0 amide bonds. The van der Waals surface area contributed by atoms with E-state index in [-0.39, 0.29) is 6.04 Å². The third-order valence-electron chi connectivity index (χ3n) is 3.51. The average molecular weight is 269 g/mol. The summed E-state index contributed by atoms with van der Waals surface area (Å²) in [6.45, 7) is 2.02. The monoisotopic (exact) mass is 269 g/mol. The van der Waals surface area contributed by atoms with Crippen molar-refractivity contribution in [1.29, 1.82) is 0 Å². The van der Waals surface area contributed by atoms with Crippen molar-refractivity contribution in [3.8, 4) is 0 Å². The van der Waals surface area contributed by atoms with E-state index in [1.54, 1.807) is 7.05 Å². The maximum absolute atomic E-state index is 11.7. The number of carboxylic acids is 1. The van der Waals surface area contributed by atoms with Crippen LogP contribution in [0.4, 0.5) is 0 Å². The third kappa shape index (κ3) is 3.06. The topological polar surface area (TPSA) is 49.3 Å². The molecule has 0 aliphatic rings. The van der Waals surface area contributed by atoms with Crippen LogP contribution in [0.3, 0.4) is 0 Å². The Kier molecular flexibility index (Phi) is 4.53. The Morgan fingerprint density at radius 2 is 1.60 bits per heavy atom. The highest BCUT2D eigenvalue weighted by molar-refractivity contribution is 5.77. The van der Waals surface area contributed by atoms with Crippen molar-refractivity contribution in [3.63, 3.8) is 0 Å². The molecule has 2 rings (SSSR count). The highest BCUT2D eigenvalue weighted by atomic mass is 16.4. The van der Waals surface area contributed by atoms with Crippen LogP contribution in [0.2, 0.25) is 0 Å². The summed E-state index contributed by atoms with van der Waals surface area (Å²) in [5.74, 6) is -1.43. The van der Waals surface area contributed by atoms with Gasteiger partial charge in [0.2, 0.25) is 0 Å². The number of rotatable bonds is 5. The van der Waals surface area contributed by atoms with Crippen molar-refractivity contribution < 1.29 is 9.90 Å². The predicted molar refractivity (Wildman–Crippen MR) is 79.8 cm³/mol. The lowest BCUT2D eigenvalue weighted by Crippen LogP contribution is -2.29. The minimum absolute atomic E-state index is 0.254. The highest BCUT2D eigenvalue weighted by Gasteiger charge is 2.29. The summed E-state index contributed by atoms with van der Waals surface area (Å²) in [7, 11) is 1.80. The molecule has 2 aromatic carbocycles. The molecule has 3 nitrogen and oxygen atoms in total. The van der Waals surface area contributed by atoms with E-state index >= 15 is 0 Å². The Labute approximate surface area is 119 Å². The smallest absolute Gasteiger partial charge is 0.312 e. The molecular weight excluding hydrogens is 250 g/mol. The molecule has 2 aromatic rings. The molecule has 104 valence electrons. The summed E-state index contributed by atoms with van der Waals surface area (Å²) in [5, 5.41) is 12.7. The molecule has 3 heteroatoms. The van der Waals surface area contributed by atoms with Gasteiger partial charge in [-0.05, 0) is 25.1 Å². The molecule has 2 unspecified atom stereocenters. The lowest BCUT2D eigenvalue weighted by Gasteiger charge is -2.24. The molecule has 2 atom stereocenters. The second kappa shape index (κ2) is 6.35. The molecule has 20 heavy (non-hydrogen) atoms. The Hall–Kier alpha value is -2.13. The molecule has 0 aromatic heterocycles. The van der Waals surface area contributed by atoms with Crippen molar-refractivity contribution in [2.24, 2.45) is 0 Å². The first-order chi connectivity index (χ1) is 9.63. The fourth-order valence-electron chi connectivity index (χ4n) is 2.44. The molecule has 0 bridgehead atoms.